The summed E-state index contributed by atoms with van der Waals surface area (Å²) in [4.78, 5) is 0. The first kappa shape index (κ1) is 15.0. The number of rotatable bonds is 0. The van der Waals surface area contributed by atoms with Crippen molar-refractivity contribution in [1.82, 2.24) is 0 Å². The number of fused-ring (bicyclic) bond motifs is 7. The van der Waals surface area contributed by atoms with Crippen LogP contribution in [0.3, 0.4) is 0 Å². The predicted molar refractivity (Wildman–Crippen MR) is 107 cm³/mol. The van der Waals surface area contributed by atoms with E-state index in [-0.39, 0.29) is 10.8 Å². The Morgan fingerprint density at radius 1 is 0.640 bits per heavy atom. The Morgan fingerprint density at radius 3 is 2.16 bits per heavy atom. The Balaban J connectivity index is 1.93. The summed E-state index contributed by atoms with van der Waals surface area (Å²) in [7, 11) is 6.12. The van der Waals surface area contributed by atoms with E-state index in [0.717, 1.165) is 5.46 Å². The molecule has 0 aromatic heterocycles. The Labute approximate surface area is 151 Å². The molecule has 0 fully saturated rings. The minimum atomic E-state index is -0.0140. The minimum Gasteiger partial charge on any atom is -0.0963 e. The molecule has 0 unspecified atom stereocenters. The number of benzene rings is 3. The highest BCUT2D eigenvalue weighted by Gasteiger charge is 2.44. The molecule has 0 N–H and O–H groups in total. The van der Waals surface area contributed by atoms with Gasteiger partial charge in [-0.3, -0.25) is 0 Å². The van der Waals surface area contributed by atoms with E-state index in [4.69, 9.17) is 7.85 Å². The van der Waals surface area contributed by atoms with Gasteiger partial charge in [-0.25, -0.2) is 0 Å². The van der Waals surface area contributed by atoms with Gasteiger partial charge in [0.15, 0.2) is 0 Å². The van der Waals surface area contributed by atoms with Crippen LogP contribution in [-0.2, 0) is 10.8 Å². The van der Waals surface area contributed by atoms with Crippen LogP contribution in [0.1, 0.15) is 49.9 Å². The summed E-state index contributed by atoms with van der Waals surface area (Å²) in [5, 5.41) is 0. The van der Waals surface area contributed by atoms with E-state index in [9.17, 15) is 0 Å². The van der Waals surface area contributed by atoms with Gasteiger partial charge in [0.1, 0.15) is 7.85 Å². The Kier molecular flexibility index (Phi) is 2.68. The van der Waals surface area contributed by atoms with Gasteiger partial charge in [0, 0.05) is 10.8 Å². The molecule has 25 heavy (non-hydrogen) atoms. The van der Waals surface area contributed by atoms with E-state index in [1.807, 2.05) is 6.07 Å². The Bertz CT molecular complexity index is 1050. The summed E-state index contributed by atoms with van der Waals surface area (Å²) in [6.07, 6.45) is 0. The van der Waals surface area contributed by atoms with Gasteiger partial charge >= 0.3 is 0 Å². The van der Waals surface area contributed by atoms with Crippen LogP contribution in [0.4, 0.5) is 0 Å². The fourth-order valence-electron chi connectivity index (χ4n) is 5.12. The lowest BCUT2D eigenvalue weighted by Crippen LogP contribution is -2.18. The second kappa shape index (κ2) is 4.46. The molecule has 3 aromatic rings. The smallest absolute Gasteiger partial charge is 0.0963 e. The first-order chi connectivity index (χ1) is 11.8. The first-order valence-electron chi connectivity index (χ1n) is 9.01. The molecular weight excluding hydrogens is 299 g/mol. The van der Waals surface area contributed by atoms with Gasteiger partial charge in [-0.1, -0.05) is 87.8 Å². The van der Waals surface area contributed by atoms with E-state index in [1.165, 1.54) is 44.5 Å². The van der Waals surface area contributed by atoms with Crippen LogP contribution >= 0.6 is 0 Å². The molecule has 0 spiro atoms. The fraction of sp³-hybridized carbons (Fsp3) is 0.250. The average Bonchev–Trinajstić information content (AvgIpc) is 2.95. The van der Waals surface area contributed by atoms with Crippen LogP contribution in [0.5, 0.6) is 0 Å². The zero-order chi connectivity index (χ0) is 17.6. The molecular formula is C24H21B. The van der Waals surface area contributed by atoms with Crippen LogP contribution in [0.2, 0.25) is 0 Å². The quantitative estimate of drug-likeness (QED) is 0.506. The molecule has 0 nitrogen and oxygen atoms in total. The van der Waals surface area contributed by atoms with Crippen molar-refractivity contribution in [3.05, 3.63) is 76.9 Å². The van der Waals surface area contributed by atoms with E-state index in [0.29, 0.717) is 0 Å². The molecule has 2 radical (unpaired) electrons. The largest absolute Gasteiger partial charge is 0.113 e. The molecule has 120 valence electrons. The highest BCUT2D eigenvalue weighted by molar-refractivity contribution is 6.32. The van der Waals surface area contributed by atoms with Crippen molar-refractivity contribution >= 4 is 13.3 Å². The van der Waals surface area contributed by atoms with Gasteiger partial charge < -0.3 is 0 Å². The van der Waals surface area contributed by atoms with Gasteiger partial charge in [-0.05, 0) is 44.5 Å². The van der Waals surface area contributed by atoms with E-state index >= 15 is 0 Å². The topological polar surface area (TPSA) is 0 Å². The van der Waals surface area contributed by atoms with Gasteiger partial charge in [0.05, 0.1) is 0 Å². The summed E-state index contributed by atoms with van der Waals surface area (Å²) in [6.45, 7) is 9.36. The van der Waals surface area contributed by atoms with Gasteiger partial charge in [0.2, 0.25) is 0 Å². The normalized spacial score (nSPS) is 17.6. The summed E-state index contributed by atoms with van der Waals surface area (Å²) in [5.74, 6) is 0. The summed E-state index contributed by atoms with van der Waals surface area (Å²) in [6, 6.07) is 19.9. The zero-order valence-corrected chi connectivity index (χ0v) is 15.3. The van der Waals surface area contributed by atoms with Crippen molar-refractivity contribution in [3.8, 4) is 22.3 Å². The monoisotopic (exact) mass is 320 g/mol. The lowest BCUT2D eigenvalue weighted by atomic mass is 9.77. The van der Waals surface area contributed by atoms with Crippen molar-refractivity contribution < 1.29 is 0 Å². The molecule has 0 amide bonds. The van der Waals surface area contributed by atoms with Crippen LogP contribution in [0.15, 0.2) is 54.6 Å². The summed E-state index contributed by atoms with van der Waals surface area (Å²) >= 11 is 0. The zero-order valence-electron chi connectivity index (χ0n) is 15.3. The predicted octanol–water partition coefficient (Wildman–Crippen LogP) is 5.09. The molecule has 0 atom stereocenters. The molecule has 0 heterocycles. The maximum absolute atomic E-state index is 6.12. The van der Waals surface area contributed by atoms with Crippen molar-refractivity contribution in [2.24, 2.45) is 0 Å². The average molecular weight is 320 g/mol. The Hall–Kier alpha value is -2.28. The molecule has 0 saturated carbocycles. The van der Waals surface area contributed by atoms with Crippen LogP contribution in [-0.4, -0.2) is 7.85 Å². The minimum absolute atomic E-state index is 0.0103. The maximum Gasteiger partial charge on any atom is 0.113 e. The molecule has 0 saturated heterocycles. The number of hydrogen-bond acceptors (Lipinski definition) is 0. The van der Waals surface area contributed by atoms with E-state index in [1.54, 1.807) is 0 Å². The molecule has 2 aliphatic rings. The van der Waals surface area contributed by atoms with Crippen LogP contribution in [0.25, 0.3) is 22.3 Å². The van der Waals surface area contributed by atoms with Gasteiger partial charge in [0.25, 0.3) is 0 Å². The highest BCUT2D eigenvalue weighted by Crippen LogP contribution is 2.58. The molecule has 0 bridgehead atoms. The summed E-state index contributed by atoms with van der Waals surface area (Å²) in [5.41, 5.74) is 12.1. The second-order valence-electron chi connectivity index (χ2n) is 8.51. The lowest BCUT2D eigenvalue weighted by molar-refractivity contribution is 0.648. The standard InChI is InChI=1S/C24H21B/c1-23(2)19-12-11-16-15-7-5-6-8-18(15)24(3,4)22(16)21(19)17-10-9-14(25)13-20(17)23/h5-13H,1-4H3. The van der Waals surface area contributed by atoms with Gasteiger partial charge in [-0.15, -0.1) is 0 Å². The number of hydrogen-bond donors (Lipinski definition) is 0. The molecule has 2 aliphatic carbocycles. The van der Waals surface area contributed by atoms with Gasteiger partial charge in [-0.2, -0.15) is 0 Å². The van der Waals surface area contributed by atoms with Crippen LogP contribution < -0.4 is 5.46 Å². The van der Waals surface area contributed by atoms with E-state index in [2.05, 4.69) is 76.2 Å². The SMILES string of the molecule is [B]c1ccc2c(c1)C(C)(C)c1ccc3c(c1-2)C(C)(C)c1ccccc1-3. The molecule has 1 heteroatoms. The summed E-state index contributed by atoms with van der Waals surface area (Å²) < 4.78 is 0. The third-order valence-corrected chi connectivity index (χ3v) is 6.38. The van der Waals surface area contributed by atoms with E-state index < -0.39 is 0 Å². The maximum atomic E-state index is 6.12. The molecule has 0 aliphatic heterocycles. The van der Waals surface area contributed by atoms with Crippen molar-refractivity contribution in [1.29, 1.82) is 0 Å². The fourth-order valence-corrected chi connectivity index (χ4v) is 5.12. The third kappa shape index (κ3) is 1.69. The van der Waals surface area contributed by atoms with Crippen molar-refractivity contribution in [2.45, 2.75) is 38.5 Å². The van der Waals surface area contributed by atoms with Crippen molar-refractivity contribution in [3.63, 3.8) is 0 Å². The molecule has 5 rings (SSSR count). The van der Waals surface area contributed by atoms with Crippen molar-refractivity contribution in [2.75, 3.05) is 0 Å². The Morgan fingerprint density at radius 2 is 1.36 bits per heavy atom. The molecule has 3 aromatic carbocycles. The van der Waals surface area contributed by atoms with Crippen LogP contribution in [0, 0.1) is 0 Å². The lowest BCUT2D eigenvalue weighted by Gasteiger charge is -2.26. The third-order valence-electron chi connectivity index (χ3n) is 6.38. The second-order valence-corrected chi connectivity index (χ2v) is 8.51. The first-order valence-corrected chi connectivity index (χ1v) is 9.01. The highest BCUT2D eigenvalue weighted by atomic mass is 14.5.